The van der Waals surface area contributed by atoms with Gasteiger partial charge < -0.3 is 20.5 Å². The minimum absolute atomic E-state index is 0.352. The van der Waals surface area contributed by atoms with Crippen LogP contribution in [-0.2, 0) is 16.1 Å². The topological polar surface area (TPSA) is 82.3 Å². The van der Waals surface area contributed by atoms with Crippen molar-refractivity contribution in [3.63, 3.8) is 0 Å². The third-order valence-corrected chi connectivity index (χ3v) is 3.36. The number of nitrogens with zero attached hydrogens (tertiary/aromatic N) is 2. The third kappa shape index (κ3) is 3.78. The number of rotatable bonds is 6. The van der Waals surface area contributed by atoms with Gasteiger partial charge in [-0.05, 0) is 12.8 Å². The fraction of sp³-hybridized carbons (Fsp3) is 0.692. The van der Waals surface area contributed by atoms with Crippen LogP contribution in [0, 0.1) is 5.92 Å². The van der Waals surface area contributed by atoms with E-state index in [1.807, 2.05) is 0 Å². The van der Waals surface area contributed by atoms with Crippen molar-refractivity contribution in [2.24, 2.45) is 5.92 Å². The molecule has 1 aromatic heterocycles. The Labute approximate surface area is 113 Å². The average Bonchev–Trinajstić information content (AvgIpc) is 2.83. The lowest BCUT2D eigenvalue weighted by Gasteiger charge is -2.17. The number of anilines is 2. The zero-order valence-electron chi connectivity index (χ0n) is 11.6. The number of ether oxygens (including phenoxy) is 2. The van der Waals surface area contributed by atoms with Gasteiger partial charge in [-0.2, -0.15) is 0 Å². The molecule has 1 aromatic rings. The second-order valence-electron chi connectivity index (χ2n) is 4.77. The molecule has 1 saturated heterocycles. The molecule has 1 aliphatic rings. The summed E-state index contributed by atoms with van der Waals surface area (Å²) in [5.74, 6) is 2.34. The van der Waals surface area contributed by atoms with Gasteiger partial charge in [-0.1, -0.05) is 6.92 Å². The van der Waals surface area contributed by atoms with Gasteiger partial charge in [-0.3, -0.25) is 0 Å². The largest absolute Gasteiger partial charge is 0.384 e. The van der Waals surface area contributed by atoms with E-state index < -0.39 is 0 Å². The number of methoxy groups -OCH3 is 1. The van der Waals surface area contributed by atoms with Gasteiger partial charge >= 0.3 is 0 Å². The molecule has 2 rings (SSSR count). The first kappa shape index (κ1) is 14.0. The van der Waals surface area contributed by atoms with Gasteiger partial charge in [0.2, 0.25) is 0 Å². The molecule has 0 radical (unpaired) electrons. The fourth-order valence-electron chi connectivity index (χ4n) is 2.42. The van der Waals surface area contributed by atoms with Gasteiger partial charge in [0.15, 0.2) is 5.82 Å². The molecule has 6 nitrogen and oxygen atoms in total. The van der Waals surface area contributed by atoms with Crippen molar-refractivity contribution in [3.05, 3.63) is 11.9 Å². The van der Waals surface area contributed by atoms with Gasteiger partial charge in [0.1, 0.15) is 18.2 Å². The molecule has 1 fully saturated rings. The standard InChI is InChI=1S/C13H22N4O2/c1-3-10-9(4-5-19-10)7-15-12-6-11(14)16-13(17-12)8-18-2/h6,9-10H,3-5,7-8H2,1-2H3,(H3,14,15,16,17). The van der Waals surface area contributed by atoms with Crippen LogP contribution in [0.1, 0.15) is 25.6 Å². The number of hydrogen-bond donors (Lipinski definition) is 2. The van der Waals surface area contributed by atoms with Crippen LogP contribution in [0.3, 0.4) is 0 Å². The molecule has 0 saturated carbocycles. The average molecular weight is 266 g/mol. The maximum atomic E-state index is 5.76. The summed E-state index contributed by atoms with van der Waals surface area (Å²) >= 11 is 0. The van der Waals surface area contributed by atoms with Gasteiger partial charge in [0, 0.05) is 32.2 Å². The van der Waals surface area contributed by atoms with E-state index in [0.29, 0.717) is 30.3 Å². The van der Waals surface area contributed by atoms with Crippen LogP contribution in [-0.4, -0.2) is 36.3 Å². The Morgan fingerprint density at radius 1 is 1.53 bits per heavy atom. The highest BCUT2D eigenvalue weighted by Crippen LogP contribution is 2.23. The van der Waals surface area contributed by atoms with E-state index in [9.17, 15) is 0 Å². The lowest BCUT2D eigenvalue weighted by molar-refractivity contribution is 0.0900. The highest BCUT2D eigenvalue weighted by molar-refractivity contribution is 5.44. The van der Waals surface area contributed by atoms with Crippen LogP contribution in [0.2, 0.25) is 0 Å². The van der Waals surface area contributed by atoms with Gasteiger partial charge in [-0.25, -0.2) is 9.97 Å². The van der Waals surface area contributed by atoms with E-state index in [1.165, 1.54) is 0 Å². The van der Waals surface area contributed by atoms with Crippen molar-refractivity contribution in [2.45, 2.75) is 32.5 Å². The molecule has 1 aliphatic heterocycles. The van der Waals surface area contributed by atoms with Crippen LogP contribution in [0.15, 0.2) is 6.07 Å². The Bertz CT molecular complexity index is 414. The molecule has 2 atom stereocenters. The Balaban J connectivity index is 1.95. The molecular formula is C13H22N4O2. The summed E-state index contributed by atoms with van der Waals surface area (Å²) in [5.41, 5.74) is 5.76. The number of hydrogen-bond acceptors (Lipinski definition) is 6. The Hall–Kier alpha value is -1.40. The molecule has 2 unspecified atom stereocenters. The SMILES string of the molecule is CCC1OCCC1CNc1cc(N)nc(COC)n1. The predicted octanol–water partition coefficient (Wildman–Crippen LogP) is 1.43. The van der Waals surface area contributed by atoms with Crippen molar-refractivity contribution >= 4 is 11.6 Å². The first-order valence-electron chi connectivity index (χ1n) is 6.70. The van der Waals surface area contributed by atoms with E-state index in [0.717, 1.165) is 31.8 Å². The lowest BCUT2D eigenvalue weighted by Crippen LogP contribution is -2.23. The number of nitrogens with one attached hydrogen (secondary N) is 1. The molecule has 0 aliphatic carbocycles. The van der Waals surface area contributed by atoms with Crippen molar-refractivity contribution < 1.29 is 9.47 Å². The van der Waals surface area contributed by atoms with Crippen molar-refractivity contribution in [1.29, 1.82) is 0 Å². The smallest absolute Gasteiger partial charge is 0.158 e. The second kappa shape index (κ2) is 6.68. The first-order valence-corrected chi connectivity index (χ1v) is 6.70. The minimum Gasteiger partial charge on any atom is -0.384 e. The second-order valence-corrected chi connectivity index (χ2v) is 4.77. The predicted molar refractivity (Wildman–Crippen MR) is 73.8 cm³/mol. The van der Waals surface area contributed by atoms with Crippen molar-refractivity contribution in [3.8, 4) is 0 Å². The lowest BCUT2D eigenvalue weighted by atomic mass is 10.00. The van der Waals surface area contributed by atoms with Crippen LogP contribution in [0.25, 0.3) is 0 Å². The first-order chi connectivity index (χ1) is 9.22. The van der Waals surface area contributed by atoms with E-state index >= 15 is 0 Å². The highest BCUT2D eigenvalue weighted by atomic mass is 16.5. The molecule has 19 heavy (non-hydrogen) atoms. The monoisotopic (exact) mass is 266 g/mol. The summed E-state index contributed by atoms with van der Waals surface area (Å²) in [5, 5.41) is 3.32. The molecule has 0 aromatic carbocycles. The van der Waals surface area contributed by atoms with E-state index in [2.05, 4.69) is 22.2 Å². The zero-order valence-corrected chi connectivity index (χ0v) is 11.6. The van der Waals surface area contributed by atoms with Crippen molar-refractivity contribution in [1.82, 2.24) is 9.97 Å². The molecule has 0 bridgehead atoms. The molecule has 3 N–H and O–H groups in total. The summed E-state index contributed by atoms with van der Waals surface area (Å²) in [4.78, 5) is 8.48. The summed E-state index contributed by atoms with van der Waals surface area (Å²) < 4.78 is 10.7. The van der Waals surface area contributed by atoms with Crippen LogP contribution in [0.4, 0.5) is 11.6 Å². The minimum atomic E-state index is 0.352. The molecular weight excluding hydrogens is 244 g/mol. The van der Waals surface area contributed by atoms with Gasteiger partial charge in [0.05, 0.1) is 6.10 Å². The maximum Gasteiger partial charge on any atom is 0.158 e. The van der Waals surface area contributed by atoms with Gasteiger partial charge in [0.25, 0.3) is 0 Å². The Morgan fingerprint density at radius 2 is 2.37 bits per heavy atom. The molecule has 2 heterocycles. The number of aromatic nitrogens is 2. The maximum absolute atomic E-state index is 5.76. The number of nitrogen functional groups attached to an aromatic ring is 1. The van der Waals surface area contributed by atoms with E-state index in [-0.39, 0.29) is 0 Å². The summed E-state index contributed by atoms with van der Waals surface area (Å²) in [6, 6.07) is 1.75. The molecule has 106 valence electrons. The van der Waals surface area contributed by atoms with Gasteiger partial charge in [-0.15, -0.1) is 0 Å². The van der Waals surface area contributed by atoms with E-state index in [4.69, 9.17) is 15.2 Å². The fourth-order valence-corrected chi connectivity index (χ4v) is 2.42. The van der Waals surface area contributed by atoms with Crippen molar-refractivity contribution in [2.75, 3.05) is 31.3 Å². The normalized spacial score (nSPS) is 22.6. The number of nitrogens with two attached hydrogens (primary N) is 1. The summed E-state index contributed by atoms with van der Waals surface area (Å²) in [6.07, 6.45) is 2.50. The third-order valence-electron chi connectivity index (χ3n) is 3.36. The summed E-state index contributed by atoms with van der Waals surface area (Å²) in [7, 11) is 1.61. The zero-order chi connectivity index (χ0) is 13.7. The Morgan fingerprint density at radius 3 is 3.11 bits per heavy atom. The molecule has 6 heteroatoms. The molecule has 0 amide bonds. The highest BCUT2D eigenvalue weighted by Gasteiger charge is 2.26. The Kier molecular flexibility index (Phi) is 4.93. The van der Waals surface area contributed by atoms with Crippen LogP contribution >= 0.6 is 0 Å². The van der Waals surface area contributed by atoms with Crippen LogP contribution in [0.5, 0.6) is 0 Å². The molecule has 0 spiro atoms. The van der Waals surface area contributed by atoms with E-state index in [1.54, 1.807) is 13.2 Å². The summed E-state index contributed by atoms with van der Waals surface area (Å²) in [6.45, 7) is 4.22. The van der Waals surface area contributed by atoms with Crippen LogP contribution < -0.4 is 11.1 Å². The quantitative estimate of drug-likeness (QED) is 0.810.